The van der Waals surface area contributed by atoms with Crippen LogP contribution in [0.25, 0.3) is 0 Å². The minimum atomic E-state index is -1.39. The molecule has 4 amide bonds. The molecule has 3 aliphatic heterocycles. The second-order valence-corrected chi connectivity index (χ2v) is 9.09. The van der Waals surface area contributed by atoms with Crippen molar-refractivity contribution in [2.45, 2.75) is 37.9 Å². The molecule has 9 nitrogen and oxygen atoms in total. The van der Waals surface area contributed by atoms with Crippen LogP contribution in [0.5, 0.6) is 5.75 Å². The monoisotopic (exact) mass is 462 g/mol. The number of rotatable bonds is 6. The Morgan fingerprint density at radius 1 is 1.12 bits per heavy atom. The van der Waals surface area contributed by atoms with E-state index in [9.17, 15) is 19.2 Å². The normalized spacial score (nSPS) is 27.2. The Bertz CT molecular complexity index is 1230. The average molecular weight is 463 g/mol. The Morgan fingerprint density at radius 2 is 1.88 bits per heavy atom. The van der Waals surface area contributed by atoms with E-state index in [1.165, 1.54) is 12.0 Å². The van der Waals surface area contributed by atoms with E-state index in [1.807, 2.05) is 31.2 Å². The number of nitrogens with two attached hydrogens (primary N) is 1. The summed E-state index contributed by atoms with van der Waals surface area (Å²) in [6.07, 6.45) is 0.279. The number of carbonyl (C=O) groups excluding carboxylic acids is 4. The van der Waals surface area contributed by atoms with Gasteiger partial charge in [0.05, 0.1) is 25.5 Å². The van der Waals surface area contributed by atoms with Crippen LogP contribution < -0.4 is 21.1 Å². The number of hydrogen-bond acceptors (Lipinski definition) is 6. The van der Waals surface area contributed by atoms with Gasteiger partial charge < -0.3 is 15.8 Å². The number of hydrogen-bond donors (Lipinski definition) is 3. The van der Waals surface area contributed by atoms with E-state index in [2.05, 4.69) is 10.6 Å². The highest BCUT2D eigenvalue weighted by Gasteiger charge is 2.70. The third kappa shape index (κ3) is 3.03. The average Bonchev–Trinajstić information content (AvgIpc) is 3.40. The number of ether oxygens (including phenoxy) is 1. The molecule has 2 fully saturated rings. The van der Waals surface area contributed by atoms with Crippen molar-refractivity contribution in [2.24, 2.45) is 17.6 Å². The van der Waals surface area contributed by atoms with E-state index >= 15 is 0 Å². The molecule has 1 spiro atoms. The van der Waals surface area contributed by atoms with Crippen molar-refractivity contribution >= 4 is 29.3 Å². The lowest BCUT2D eigenvalue weighted by molar-refractivity contribution is -0.143. The van der Waals surface area contributed by atoms with Crippen LogP contribution in [0.1, 0.15) is 29.5 Å². The number of nitrogens with zero attached hydrogens (tertiary/aromatic N) is 1. The van der Waals surface area contributed by atoms with Crippen molar-refractivity contribution in [2.75, 3.05) is 12.4 Å². The number of carbonyl (C=O) groups is 4. The zero-order valence-electron chi connectivity index (χ0n) is 19.0. The number of fused-ring (bicyclic) bond motifs is 4. The van der Waals surface area contributed by atoms with Crippen LogP contribution in [0.4, 0.5) is 5.69 Å². The van der Waals surface area contributed by atoms with Gasteiger partial charge in [0.2, 0.25) is 23.6 Å². The Labute approximate surface area is 196 Å². The molecule has 0 bridgehead atoms. The first-order valence-corrected chi connectivity index (χ1v) is 11.2. The van der Waals surface area contributed by atoms with E-state index in [0.717, 1.165) is 5.56 Å². The summed E-state index contributed by atoms with van der Waals surface area (Å²) in [5, 5.41) is 6.23. The molecular formula is C25H26N4O5. The fourth-order valence-electron chi connectivity index (χ4n) is 5.74. The van der Waals surface area contributed by atoms with E-state index < -0.39 is 35.2 Å². The fourth-order valence-corrected chi connectivity index (χ4v) is 5.74. The van der Waals surface area contributed by atoms with Gasteiger partial charge in [0.1, 0.15) is 11.3 Å². The van der Waals surface area contributed by atoms with Crippen LogP contribution in [-0.2, 0) is 31.3 Å². The summed E-state index contributed by atoms with van der Waals surface area (Å²) in [5.74, 6) is -2.82. The summed E-state index contributed by atoms with van der Waals surface area (Å²) in [7, 11) is 1.53. The number of aryl methyl sites for hydroxylation is 1. The zero-order chi connectivity index (χ0) is 24.2. The second kappa shape index (κ2) is 7.95. The van der Waals surface area contributed by atoms with Crippen LogP contribution >= 0.6 is 0 Å². The number of likely N-dealkylation sites (tertiary alicyclic amines) is 1. The van der Waals surface area contributed by atoms with Crippen molar-refractivity contribution in [3.63, 3.8) is 0 Å². The lowest BCUT2D eigenvalue weighted by atomic mass is 9.76. The lowest BCUT2D eigenvalue weighted by Gasteiger charge is -2.29. The topological polar surface area (TPSA) is 131 Å². The van der Waals surface area contributed by atoms with E-state index in [-0.39, 0.29) is 31.2 Å². The van der Waals surface area contributed by atoms with Gasteiger partial charge in [-0.05, 0) is 25.0 Å². The predicted molar refractivity (Wildman–Crippen MR) is 122 cm³/mol. The van der Waals surface area contributed by atoms with Crippen LogP contribution in [0.2, 0.25) is 0 Å². The molecule has 2 saturated heterocycles. The smallest absolute Gasteiger partial charge is 0.250 e. The largest absolute Gasteiger partial charge is 0.496 e. The van der Waals surface area contributed by atoms with Crippen molar-refractivity contribution < 1.29 is 23.9 Å². The molecule has 0 radical (unpaired) electrons. The Kier molecular flexibility index (Phi) is 5.16. The van der Waals surface area contributed by atoms with Crippen LogP contribution in [0.3, 0.4) is 0 Å². The molecule has 3 heterocycles. The van der Waals surface area contributed by atoms with Crippen molar-refractivity contribution in [1.82, 2.24) is 10.2 Å². The van der Waals surface area contributed by atoms with Gasteiger partial charge in [0.25, 0.3) is 0 Å². The standard InChI is InChI=1S/C25H26N4O5/c1-13-6-5-8-15-21(13)27-24(33)25(15)20-19(16(28-25)10-11-18(26)30)22(31)29(23(20)32)12-14-7-3-4-9-17(14)34-2/h3-9,16,19-20,28H,10-12H2,1-2H3,(H2,26,30)(H,27,33)/t16-,19-,20-,25-/m0/s1. The Hall–Kier alpha value is -3.72. The summed E-state index contributed by atoms with van der Waals surface area (Å²) >= 11 is 0. The minimum Gasteiger partial charge on any atom is -0.496 e. The van der Waals surface area contributed by atoms with Crippen molar-refractivity contribution in [1.29, 1.82) is 0 Å². The number of anilines is 1. The molecule has 34 heavy (non-hydrogen) atoms. The van der Waals surface area contributed by atoms with Gasteiger partial charge in [-0.25, -0.2) is 0 Å². The number of nitrogens with one attached hydrogen (secondary N) is 2. The maximum atomic E-state index is 13.8. The molecule has 0 saturated carbocycles. The second-order valence-electron chi connectivity index (χ2n) is 9.09. The summed E-state index contributed by atoms with van der Waals surface area (Å²) in [6.45, 7) is 1.92. The van der Waals surface area contributed by atoms with E-state index in [4.69, 9.17) is 10.5 Å². The van der Waals surface area contributed by atoms with Gasteiger partial charge in [-0.15, -0.1) is 0 Å². The number of para-hydroxylation sites is 2. The molecule has 9 heteroatoms. The first-order valence-electron chi connectivity index (χ1n) is 11.2. The molecule has 0 aliphatic carbocycles. The highest BCUT2D eigenvalue weighted by molar-refractivity contribution is 6.15. The summed E-state index contributed by atoms with van der Waals surface area (Å²) in [5.41, 5.74) is 6.84. The van der Waals surface area contributed by atoms with Gasteiger partial charge in [-0.3, -0.25) is 29.4 Å². The van der Waals surface area contributed by atoms with Crippen LogP contribution in [0, 0.1) is 18.8 Å². The maximum absolute atomic E-state index is 13.8. The predicted octanol–water partition coefficient (Wildman–Crippen LogP) is 1.19. The highest BCUT2D eigenvalue weighted by atomic mass is 16.5. The lowest BCUT2D eigenvalue weighted by Crippen LogP contribution is -2.53. The molecule has 2 aromatic carbocycles. The molecule has 2 aromatic rings. The third-order valence-corrected chi connectivity index (χ3v) is 7.27. The van der Waals surface area contributed by atoms with E-state index in [1.54, 1.807) is 18.2 Å². The molecule has 4 N–H and O–H groups in total. The maximum Gasteiger partial charge on any atom is 0.250 e. The highest BCUT2D eigenvalue weighted by Crippen LogP contribution is 2.54. The first-order chi connectivity index (χ1) is 16.3. The summed E-state index contributed by atoms with van der Waals surface area (Å²) in [4.78, 5) is 53.7. The summed E-state index contributed by atoms with van der Waals surface area (Å²) in [6, 6.07) is 12.1. The molecule has 4 atom stereocenters. The Morgan fingerprint density at radius 3 is 2.62 bits per heavy atom. The third-order valence-electron chi connectivity index (χ3n) is 7.27. The van der Waals surface area contributed by atoms with Gasteiger partial charge in [-0.2, -0.15) is 0 Å². The number of primary amides is 1. The van der Waals surface area contributed by atoms with Gasteiger partial charge >= 0.3 is 0 Å². The molecular weight excluding hydrogens is 436 g/mol. The minimum absolute atomic E-state index is 0.0350. The fraction of sp³-hybridized carbons (Fsp3) is 0.360. The Balaban J connectivity index is 1.59. The van der Waals surface area contributed by atoms with Crippen molar-refractivity contribution in [3.05, 3.63) is 59.2 Å². The molecule has 3 aliphatic rings. The molecule has 0 aromatic heterocycles. The van der Waals surface area contributed by atoms with Gasteiger partial charge in [-0.1, -0.05) is 36.4 Å². The van der Waals surface area contributed by atoms with Crippen molar-refractivity contribution in [3.8, 4) is 5.75 Å². The molecule has 5 rings (SSSR count). The molecule has 0 unspecified atom stereocenters. The summed E-state index contributed by atoms with van der Waals surface area (Å²) < 4.78 is 5.40. The van der Waals surface area contributed by atoms with Gasteiger partial charge in [0.15, 0.2) is 0 Å². The van der Waals surface area contributed by atoms with E-state index in [0.29, 0.717) is 22.6 Å². The first kappa shape index (κ1) is 22.1. The van der Waals surface area contributed by atoms with Gasteiger partial charge in [0, 0.05) is 29.3 Å². The number of methoxy groups -OCH3 is 1. The number of benzene rings is 2. The van der Waals surface area contributed by atoms with Crippen LogP contribution in [0.15, 0.2) is 42.5 Å². The SMILES string of the molecule is COc1ccccc1CN1C(=O)[C@H]2[C@H](CCC(N)=O)N[C@]3(C(=O)Nc4c(C)cccc43)[C@@H]2C1=O. The zero-order valence-corrected chi connectivity index (χ0v) is 19.0. The quantitative estimate of drug-likeness (QED) is 0.553. The molecule has 176 valence electrons. The van der Waals surface area contributed by atoms with Crippen LogP contribution in [-0.4, -0.2) is 41.7 Å². The number of imide groups is 1. The number of amides is 4.